The van der Waals surface area contributed by atoms with Crippen LogP contribution in [0.5, 0.6) is 0 Å². The summed E-state index contributed by atoms with van der Waals surface area (Å²) in [6.45, 7) is 5.92. The molecule has 2 N–H and O–H groups in total. The molecular weight excluding hydrogens is 228 g/mol. The average molecular weight is 248 g/mol. The predicted molar refractivity (Wildman–Crippen MR) is 70.3 cm³/mol. The number of carbonyl (C=O) groups excluding carboxylic acids is 1. The number of rotatable bonds is 3. The second kappa shape index (κ2) is 5.98. The van der Waals surface area contributed by atoms with E-state index in [0.29, 0.717) is 13.2 Å². The fourth-order valence-electron chi connectivity index (χ4n) is 2.20. The van der Waals surface area contributed by atoms with Crippen molar-refractivity contribution in [2.75, 3.05) is 19.8 Å². The molecule has 4 nitrogen and oxygen atoms in total. The number of ether oxygens (including phenoxy) is 1. The average Bonchev–Trinajstić information content (AvgIpc) is 2.40. The van der Waals surface area contributed by atoms with E-state index in [-0.39, 0.29) is 18.0 Å². The molecule has 0 saturated carbocycles. The smallest absolute Gasteiger partial charge is 0.240 e. The molecule has 1 unspecified atom stereocenters. The highest BCUT2D eigenvalue weighted by Gasteiger charge is 2.22. The molecule has 0 aromatic heterocycles. The van der Waals surface area contributed by atoms with E-state index in [1.807, 2.05) is 25.1 Å². The standard InChI is InChI=1S/C14H20N2O2/c1-10-5-3-4-6-12(10)11(2)16-14(17)13-9-18-8-7-15-13/h3-6,11,13,15H,7-9H2,1-2H3,(H,16,17)/t11-,13?/m0/s1. The Morgan fingerprint density at radius 3 is 2.94 bits per heavy atom. The third-order valence-corrected chi connectivity index (χ3v) is 3.25. The first-order valence-electron chi connectivity index (χ1n) is 6.35. The lowest BCUT2D eigenvalue weighted by Crippen LogP contribution is -2.51. The van der Waals surface area contributed by atoms with Crippen LogP contribution in [0.1, 0.15) is 24.1 Å². The second-order valence-corrected chi connectivity index (χ2v) is 4.67. The van der Waals surface area contributed by atoms with Crippen LogP contribution >= 0.6 is 0 Å². The summed E-state index contributed by atoms with van der Waals surface area (Å²) < 4.78 is 5.29. The van der Waals surface area contributed by atoms with Gasteiger partial charge in [0.2, 0.25) is 5.91 Å². The second-order valence-electron chi connectivity index (χ2n) is 4.67. The quantitative estimate of drug-likeness (QED) is 0.844. The van der Waals surface area contributed by atoms with E-state index < -0.39 is 0 Å². The number of amides is 1. The molecule has 0 bridgehead atoms. The summed E-state index contributed by atoms with van der Waals surface area (Å²) >= 11 is 0. The van der Waals surface area contributed by atoms with Gasteiger partial charge in [-0.15, -0.1) is 0 Å². The Morgan fingerprint density at radius 2 is 2.28 bits per heavy atom. The fraction of sp³-hybridized carbons (Fsp3) is 0.500. The monoisotopic (exact) mass is 248 g/mol. The lowest BCUT2D eigenvalue weighted by atomic mass is 10.0. The van der Waals surface area contributed by atoms with Crippen molar-refractivity contribution in [3.05, 3.63) is 35.4 Å². The van der Waals surface area contributed by atoms with Crippen LogP contribution in [0.2, 0.25) is 0 Å². The van der Waals surface area contributed by atoms with Crippen LogP contribution in [-0.4, -0.2) is 31.7 Å². The van der Waals surface area contributed by atoms with E-state index in [4.69, 9.17) is 4.74 Å². The summed E-state index contributed by atoms with van der Waals surface area (Å²) in [6.07, 6.45) is 0. The van der Waals surface area contributed by atoms with Gasteiger partial charge in [0.25, 0.3) is 0 Å². The maximum atomic E-state index is 12.0. The Hall–Kier alpha value is -1.39. The van der Waals surface area contributed by atoms with Gasteiger partial charge in [-0.1, -0.05) is 24.3 Å². The first-order valence-corrected chi connectivity index (χ1v) is 6.35. The van der Waals surface area contributed by atoms with Crippen molar-refractivity contribution in [1.82, 2.24) is 10.6 Å². The molecule has 2 rings (SSSR count). The van der Waals surface area contributed by atoms with Gasteiger partial charge < -0.3 is 15.4 Å². The van der Waals surface area contributed by atoms with E-state index in [1.54, 1.807) is 0 Å². The van der Waals surface area contributed by atoms with E-state index in [1.165, 1.54) is 5.56 Å². The van der Waals surface area contributed by atoms with E-state index in [2.05, 4.69) is 23.6 Å². The van der Waals surface area contributed by atoms with Gasteiger partial charge >= 0.3 is 0 Å². The first kappa shape index (κ1) is 13.1. The minimum atomic E-state index is -0.231. The predicted octanol–water partition coefficient (Wildman–Crippen LogP) is 1.16. The van der Waals surface area contributed by atoms with Crippen LogP contribution in [0.15, 0.2) is 24.3 Å². The Kier molecular flexibility index (Phi) is 4.33. The molecule has 1 aliphatic rings. The minimum absolute atomic E-state index is 0.00505. The molecule has 1 aliphatic heterocycles. The first-order chi connectivity index (χ1) is 8.68. The summed E-state index contributed by atoms with van der Waals surface area (Å²) in [5, 5.41) is 6.18. The van der Waals surface area contributed by atoms with Crippen molar-refractivity contribution in [2.45, 2.75) is 25.9 Å². The zero-order valence-electron chi connectivity index (χ0n) is 10.9. The normalized spacial score (nSPS) is 21.3. The van der Waals surface area contributed by atoms with Crippen LogP contribution in [0.4, 0.5) is 0 Å². The van der Waals surface area contributed by atoms with Crippen molar-refractivity contribution in [3.63, 3.8) is 0 Å². The maximum absolute atomic E-state index is 12.0. The zero-order valence-corrected chi connectivity index (χ0v) is 10.9. The van der Waals surface area contributed by atoms with Gasteiger partial charge in [-0.2, -0.15) is 0 Å². The summed E-state index contributed by atoms with van der Waals surface area (Å²) in [6, 6.07) is 7.88. The molecule has 1 amide bonds. The third kappa shape index (κ3) is 3.09. The molecule has 4 heteroatoms. The largest absolute Gasteiger partial charge is 0.378 e. The SMILES string of the molecule is Cc1ccccc1[C@H](C)NC(=O)C1COCCN1. The van der Waals surface area contributed by atoms with Gasteiger partial charge in [0, 0.05) is 6.54 Å². The summed E-state index contributed by atoms with van der Waals surface area (Å²) in [5.41, 5.74) is 2.35. The Balaban J connectivity index is 1.96. The van der Waals surface area contributed by atoms with Gasteiger partial charge in [0.05, 0.1) is 19.3 Å². The molecule has 1 saturated heterocycles. The highest BCUT2D eigenvalue weighted by atomic mass is 16.5. The van der Waals surface area contributed by atoms with Crippen molar-refractivity contribution in [1.29, 1.82) is 0 Å². The molecule has 18 heavy (non-hydrogen) atoms. The lowest BCUT2D eigenvalue weighted by molar-refractivity contribution is -0.126. The topological polar surface area (TPSA) is 50.4 Å². The zero-order chi connectivity index (χ0) is 13.0. The number of benzene rings is 1. The molecule has 0 aliphatic carbocycles. The molecule has 1 fully saturated rings. The van der Waals surface area contributed by atoms with Crippen molar-refractivity contribution >= 4 is 5.91 Å². The van der Waals surface area contributed by atoms with Crippen LogP contribution < -0.4 is 10.6 Å². The van der Waals surface area contributed by atoms with Gasteiger partial charge in [0.15, 0.2) is 0 Å². The number of carbonyl (C=O) groups is 1. The number of aryl methyl sites for hydroxylation is 1. The molecule has 0 spiro atoms. The Labute approximate surface area is 108 Å². The van der Waals surface area contributed by atoms with Crippen LogP contribution in [0.25, 0.3) is 0 Å². The van der Waals surface area contributed by atoms with Crippen LogP contribution in [0.3, 0.4) is 0 Å². The lowest BCUT2D eigenvalue weighted by Gasteiger charge is -2.25. The Morgan fingerprint density at radius 1 is 1.50 bits per heavy atom. The van der Waals surface area contributed by atoms with Crippen molar-refractivity contribution in [3.8, 4) is 0 Å². The number of morpholine rings is 1. The highest BCUT2D eigenvalue weighted by molar-refractivity contribution is 5.82. The minimum Gasteiger partial charge on any atom is -0.378 e. The number of nitrogens with one attached hydrogen (secondary N) is 2. The molecule has 1 aromatic rings. The van der Waals surface area contributed by atoms with Crippen LogP contribution in [0, 0.1) is 6.92 Å². The molecule has 0 radical (unpaired) electrons. The third-order valence-electron chi connectivity index (χ3n) is 3.25. The summed E-state index contributed by atoms with van der Waals surface area (Å²) in [5.74, 6) is 0.00505. The van der Waals surface area contributed by atoms with E-state index in [0.717, 1.165) is 12.1 Å². The van der Waals surface area contributed by atoms with Gasteiger partial charge in [0.1, 0.15) is 6.04 Å². The molecule has 2 atom stereocenters. The van der Waals surface area contributed by atoms with Crippen molar-refractivity contribution in [2.24, 2.45) is 0 Å². The van der Waals surface area contributed by atoms with E-state index in [9.17, 15) is 4.79 Å². The molecule has 1 aromatic carbocycles. The molecule has 1 heterocycles. The van der Waals surface area contributed by atoms with Gasteiger partial charge in [-0.25, -0.2) is 0 Å². The Bertz CT molecular complexity index is 414. The fourth-order valence-corrected chi connectivity index (χ4v) is 2.20. The number of hydrogen-bond acceptors (Lipinski definition) is 3. The van der Waals surface area contributed by atoms with Gasteiger partial charge in [-0.3, -0.25) is 4.79 Å². The van der Waals surface area contributed by atoms with E-state index >= 15 is 0 Å². The highest BCUT2D eigenvalue weighted by Crippen LogP contribution is 2.16. The summed E-state index contributed by atoms with van der Waals surface area (Å²) in [7, 11) is 0. The molecular formula is C14H20N2O2. The summed E-state index contributed by atoms with van der Waals surface area (Å²) in [4.78, 5) is 12.0. The maximum Gasteiger partial charge on any atom is 0.240 e. The number of hydrogen-bond donors (Lipinski definition) is 2. The molecule has 98 valence electrons. The van der Waals surface area contributed by atoms with Crippen LogP contribution in [-0.2, 0) is 9.53 Å². The van der Waals surface area contributed by atoms with Crippen molar-refractivity contribution < 1.29 is 9.53 Å². The van der Waals surface area contributed by atoms with Gasteiger partial charge in [-0.05, 0) is 25.0 Å².